The van der Waals surface area contributed by atoms with Gasteiger partial charge in [0.25, 0.3) is 0 Å². The molecule has 2 heterocycles. The van der Waals surface area contributed by atoms with Crippen LogP contribution in [0, 0.1) is 0 Å². The number of hydrogen-bond acceptors (Lipinski definition) is 5. The average Bonchev–Trinajstić information content (AvgIpc) is 3.11. The first-order valence-corrected chi connectivity index (χ1v) is 11.9. The summed E-state index contributed by atoms with van der Waals surface area (Å²) >= 11 is 1.46. The Morgan fingerprint density at radius 1 is 1.00 bits per heavy atom. The zero-order valence-electron chi connectivity index (χ0n) is 19.7. The van der Waals surface area contributed by atoms with E-state index in [2.05, 4.69) is 50.5 Å². The standard InChI is InChI=1S/C27H30N2O3S/c1-26(2)16-20-22(25(31)32-5)24(33-23(20)27(3,4)29-26)28-21(30)15-17-11-13-19(14-12-17)18-9-7-6-8-10-18/h6-14,29H,15-16H2,1-5H3,(H,28,30). The van der Waals surface area contributed by atoms with Gasteiger partial charge in [-0.05, 0) is 56.4 Å². The number of amides is 1. The lowest BCUT2D eigenvalue weighted by Gasteiger charge is -2.42. The molecule has 33 heavy (non-hydrogen) atoms. The highest BCUT2D eigenvalue weighted by molar-refractivity contribution is 7.17. The molecule has 1 amide bonds. The topological polar surface area (TPSA) is 67.4 Å². The van der Waals surface area contributed by atoms with Crippen molar-refractivity contribution in [3.05, 3.63) is 76.2 Å². The Hall–Kier alpha value is -2.96. The molecule has 0 spiro atoms. The normalized spacial score (nSPS) is 16.0. The van der Waals surface area contributed by atoms with Crippen LogP contribution in [0.15, 0.2) is 54.6 Å². The maximum Gasteiger partial charge on any atom is 0.341 e. The van der Waals surface area contributed by atoms with Gasteiger partial charge in [0.1, 0.15) is 5.00 Å². The van der Waals surface area contributed by atoms with Crippen molar-refractivity contribution in [3.8, 4) is 11.1 Å². The Morgan fingerprint density at radius 2 is 1.64 bits per heavy atom. The van der Waals surface area contributed by atoms with Crippen LogP contribution in [-0.2, 0) is 27.9 Å². The number of nitrogens with one attached hydrogen (secondary N) is 2. The van der Waals surface area contributed by atoms with E-state index in [0.717, 1.165) is 27.1 Å². The fourth-order valence-electron chi connectivity index (χ4n) is 4.74. The zero-order valence-corrected chi connectivity index (χ0v) is 20.6. The number of benzene rings is 2. The van der Waals surface area contributed by atoms with Crippen LogP contribution in [0.5, 0.6) is 0 Å². The zero-order chi connectivity index (χ0) is 23.8. The van der Waals surface area contributed by atoms with Gasteiger partial charge in [0.15, 0.2) is 0 Å². The Labute approximate surface area is 199 Å². The van der Waals surface area contributed by atoms with Crippen LogP contribution in [0.2, 0.25) is 0 Å². The van der Waals surface area contributed by atoms with Gasteiger partial charge in [0, 0.05) is 16.0 Å². The van der Waals surface area contributed by atoms with Crippen molar-refractivity contribution in [1.29, 1.82) is 0 Å². The van der Waals surface area contributed by atoms with E-state index in [-0.39, 0.29) is 23.4 Å². The number of rotatable bonds is 5. The van der Waals surface area contributed by atoms with E-state index in [1.807, 2.05) is 42.5 Å². The third-order valence-corrected chi connectivity index (χ3v) is 7.38. The van der Waals surface area contributed by atoms with E-state index in [1.54, 1.807) is 0 Å². The third kappa shape index (κ3) is 4.87. The largest absolute Gasteiger partial charge is 0.465 e. The molecule has 0 bridgehead atoms. The SMILES string of the molecule is COC(=O)c1c(NC(=O)Cc2ccc(-c3ccccc3)cc2)sc2c1CC(C)(C)NC2(C)C. The summed E-state index contributed by atoms with van der Waals surface area (Å²) in [7, 11) is 1.38. The smallest absolute Gasteiger partial charge is 0.341 e. The van der Waals surface area contributed by atoms with Gasteiger partial charge in [-0.3, -0.25) is 4.79 Å². The minimum Gasteiger partial charge on any atom is -0.465 e. The highest BCUT2D eigenvalue weighted by Gasteiger charge is 2.42. The molecule has 1 aliphatic heterocycles. The lowest BCUT2D eigenvalue weighted by atomic mass is 9.81. The monoisotopic (exact) mass is 462 g/mol. The van der Waals surface area contributed by atoms with Gasteiger partial charge in [0.05, 0.1) is 19.1 Å². The molecule has 0 radical (unpaired) electrons. The van der Waals surface area contributed by atoms with Crippen LogP contribution in [0.1, 0.15) is 54.1 Å². The maximum absolute atomic E-state index is 12.9. The lowest BCUT2D eigenvalue weighted by molar-refractivity contribution is -0.115. The highest BCUT2D eigenvalue weighted by atomic mass is 32.1. The predicted molar refractivity (Wildman–Crippen MR) is 134 cm³/mol. The average molecular weight is 463 g/mol. The number of thiophene rings is 1. The molecule has 1 aromatic heterocycles. The number of methoxy groups -OCH3 is 1. The highest BCUT2D eigenvalue weighted by Crippen LogP contribution is 2.45. The first-order chi connectivity index (χ1) is 15.6. The predicted octanol–water partition coefficient (Wildman–Crippen LogP) is 5.54. The maximum atomic E-state index is 12.9. The summed E-state index contributed by atoms with van der Waals surface area (Å²) in [5.74, 6) is -0.570. The fourth-order valence-corrected chi connectivity index (χ4v) is 6.02. The van der Waals surface area contributed by atoms with Crippen molar-refractivity contribution in [2.24, 2.45) is 0 Å². The van der Waals surface area contributed by atoms with Gasteiger partial charge < -0.3 is 15.4 Å². The number of anilines is 1. The number of hydrogen-bond donors (Lipinski definition) is 2. The molecule has 2 N–H and O–H groups in total. The minimum absolute atomic E-state index is 0.156. The number of carbonyl (C=O) groups is 2. The molecular weight excluding hydrogens is 432 g/mol. The summed E-state index contributed by atoms with van der Waals surface area (Å²) in [5.41, 5.74) is 4.10. The third-order valence-electron chi connectivity index (χ3n) is 5.91. The molecule has 0 unspecified atom stereocenters. The summed E-state index contributed by atoms with van der Waals surface area (Å²) < 4.78 is 5.09. The Balaban J connectivity index is 1.57. The second-order valence-corrected chi connectivity index (χ2v) is 10.7. The van der Waals surface area contributed by atoms with Crippen LogP contribution in [-0.4, -0.2) is 24.5 Å². The van der Waals surface area contributed by atoms with Crippen molar-refractivity contribution < 1.29 is 14.3 Å². The quantitative estimate of drug-likeness (QED) is 0.489. The molecule has 6 heteroatoms. The van der Waals surface area contributed by atoms with Crippen LogP contribution in [0.25, 0.3) is 11.1 Å². The van der Waals surface area contributed by atoms with Gasteiger partial charge >= 0.3 is 5.97 Å². The van der Waals surface area contributed by atoms with Gasteiger partial charge in [-0.15, -0.1) is 11.3 Å². The van der Waals surface area contributed by atoms with Crippen molar-refractivity contribution >= 4 is 28.2 Å². The van der Waals surface area contributed by atoms with E-state index < -0.39 is 5.97 Å². The number of ether oxygens (including phenoxy) is 1. The van der Waals surface area contributed by atoms with E-state index in [1.165, 1.54) is 18.4 Å². The Kier molecular flexibility index (Phi) is 6.16. The fraction of sp³-hybridized carbons (Fsp3) is 0.333. The van der Waals surface area contributed by atoms with Crippen molar-refractivity contribution in [2.45, 2.75) is 51.6 Å². The molecule has 0 saturated heterocycles. The molecular formula is C27H30N2O3S. The van der Waals surface area contributed by atoms with Crippen LogP contribution in [0.3, 0.4) is 0 Å². The van der Waals surface area contributed by atoms with Crippen LogP contribution >= 0.6 is 11.3 Å². The molecule has 1 aliphatic rings. The van der Waals surface area contributed by atoms with Crippen LogP contribution in [0.4, 0.5) is 5.00 Å². The molecule has 0 aliphatic carbocycles. The summed E-state index contributed by atoms with van der Waals surface area (Å²) in [6, 6.07) is 18.1. The first-order valence-electron chi connectivity index (χ1n) is 11.1. The Morgan fingerprint density at radius 3 is 2.27 bits per heavy atom. The molecule has 0 atom stereocenters. The second-order valence-electron chi connectivity index (χ2n) is 9.70. The van der Waals surface area contributed by atoms with Crippen molar-refractivity contribution in [1.82, 2.24) is 5.32 Å². The van der Waals surface area contributed by atoms with Gasteiger partial charge in [-0.25, -0.2) is 4.79 Å². The van der Waals surface area contributed by atoms with Crippen molar-refractivity contribution in [2.75, 3.05) is 12.4 Å². The van der Waals surface area contributed by atoms with E-state index >= 15 is 0 Å². The van der Waals surface area contributed by atoms with Gasteiger partial charge in [-0.2, -0.15) is 0 Å². The van der Waals surface area contributed by atoms with Gasteiger partial charge in [-0.1, -0.05) is 54.6 Å². The number of carbonyl (C=O) groups excluding carboxylic acids is 2. The summed E-state index contributed by atoms with van der Waals surface area (Å²) in [6.45, 7) is 8.44. The first kappa shape index (κ1) is 23.2. The van der Waals surface area contributed by atoms with Gasteiger partial charge in [0.2, 0.25) is 5.91 Å². The summed E-state index contributed by atoms with van der Waals surface area (Å²) in [5, 5.41) is 7.20. The van der Waals surface area contributed by atoms with Crippen molar-refractivity contribution in [3.63, 3.8) is 0 Å². The molecule has 3 aromatic rings. The molecule has 0 saturated carbocycles. The van der Waals surface area contributed by atoms with E-state index in [4.69, 9.17) is 4.74 Å². The lowest BCUT2D eigenvalue weighted by Crippen LogP contribution is -2.55. The number of fused-ring (bicyclic) bond motifs is 1. The summed E-state index contributed by atoms with van der Waals surface area (Å²) in [4.78, 5) is 26.7. The summed E-state index contributed by atoms with van der Waals surface area (Å²) in [6.07, 6.45) is 0.912. The van der Waals surface area contributed by atoms with Crippen LogP contribution < -0.4 is 10.6 Å². The molecule has 172 valence electrons. The van der Waals surface area contributed by atoms with E-state index in [0.29, 0.717) is 17.0 Å². The molecule has 5 nitrogen and oxygen atoms in total. The number of esters is 1. The minimum atomic E-state index is -0.413. The van der Waals surface area contributed by atoms with E-state index in [9.17, 15) is 9.59 Å². The molecule has 0 fully saturated rings. The molecule has 2 aromatic carbocycles. The Bertz CT molecular complexity index is 1180. The second kappa shape index (κ2) is 8.76. The molecule has 4 rings (SSSR count).